The average molecular weight is 443 g/mol. The van der Waals surface area contributed by atoms with Crippen LogP contribution in [0.2, 0.25) is 0 Å². The Bertz CT molecular complexity index is 657. The topological polar surface area (TPSA) is 16.1 Å². The minimum atomic E-state index is 0.704. The van der Waals surface area contributed by atoms with E-state index in [0.29, 0.717) is 12.0 Å². The summed E-state index contributed by atoms with van der Waals surface area (Å²) < 4.78 is 0. The second kappa shape index (κ2) is 12.4. The first-order valence-corrected chi connectivity index (χ1v) is 14.6. The number of hydrogen-bond donors (Lipinski definition) is 0. The van der Waals surface area contributed by atoms with Gasteiger partial charge >= 0.3 is 0 Å². The van der Waals surface area contributed by atoms with Crippen molar-refractivity contribution >= 4 is 17.0 Å². The van der Waals surface area contributed by atoms with Crippen LogP contribution < -0.4 is 0 Å². The molecule has 3 aliphatic rings. The van der Waals surface area contributed by atoms with Gasteiger partial charge in [0.1, 0.15) is 0 Å². The summed E-state index contributed by atoms with van der Waals surface area (Å²) in [6.07, 6.45) is 28.0. The maximum Gasteiger partial charge on any atom is 0.0966 e. The third-order valence-corrected chi connectivity index (χ3v) is 9.44. The van der Waals surface area contributed by atoms with E-state index in [4.69, 9.17) is 4.98 Å². The smallest absolute Gasteiger partial charge is 0.0966 e. The van der Waals surface area contributed by atoms with Crippen LogP contribution >= 0.6 is 11.3 Å². The quantitative estimate of drug-likeness (QED) is 0.454. The molecule has 2 fully saturated rings. The zero-order valence-electron chi connectivity index (χ0n) is 20.0. The van der Waals surface area contributed by atoms with Crippen LogP contribution in [-0.4, -0.2) is 22.5 Å². The van der Waals surface area contributed by atoms with Gasteiger partial charge < -0.3 is 4.90 Å². The van der Waals surface area contributed by atoms with Gasteiger partial charge in [0.25, 0.3) is 0 Å². The van der Waals surface area contributed by atoms with Crippen molar-refractivity contribution in [1.29, 1.82) is 0 Å². The van der Waals surface area contributed by atoms with Gasteiger partial charge in [-0.3, -0.25) is 0 Å². The lowest BCUT2D eigenvalue weighted by Crippen LogP contribution is -2.37. The van der Waals surface area contributed by atoms with Crippen LogP contribution in [0.3, 0.4) is 0 Å². The predicted octanol–water partition coefficient (Wildman–Crippen LogP) is 8.86. The number of nitrogens with zero attached hydrogens (tertiary/aromatic N) is 2. The highest BCUT2D eigenvalue weighted by Crippen LogP contribution is 2.40. The second-order valence-electron chi connectivity index (χ2n) is 10.5. The Morgan fingerprint density at radius 2 is 1.16 bits per heavy atom. The van der Waals surface area contributed by atoms with Crippen molar-refractivity contribution in [3.63, 3.8) is 0 Å². The molecule has 174 valence electrons. The van der Waals surface area contributed by atoms with Crippen LogP contribution in [0.25, 0.3) is 5.70 Å². The first-order chi connectivity index (χ1) is 15.3. The molecule has 0 bridgehead atoms. The molecule has 2 saturated carbocycles. The molecule has 1 aliphatic heterocycles. The Balaban J connectivity index is 1.42. The molecule has 0 amide bonds. The highest BCUT2D eigenvalue weighted by atomic mass is 32.1. The molecule has 1 aromatic heterocycles. The van der Waals surface area contributed by atoms with Gasteiger partial charge in [-0.05, 0) is 25.7 Å². The van der Waals surface area contributed by atoms with Crippen molar-refractivity contribution < 1.29 is 0 Å². The van der Waals surface area contributed by atoms with Crippen LogP contribution in [0.1, 0.15) is 143 Å². The van der Waals surface area contributed by atoms with E-state index < -0.39 is 0 Å². The highest BCUT2D eigenvalue weighted by Gasteiger charge is 2.30. The Morgan fingerprint density at radius 1 is 0.677 bits per heavy atom. The van der Waals surface area contributed by atoms with Crippen LogP contribution in [0.15, 0.2) is 6.58 Å². The van der Waals surface area contributed by atoms with Gasteiger partial charge in [0.05, 0.1) is 15.6 Å². The monoisotopic (exact) mass is 442 g/mol. The van der Waals surface area contributed by atoms with E-state index in [1.54, 1.807) is 0 Å². The Kier molecular flexibility index (Phi) is 9.35. The fraction of sp³-hybridized carbons (Fsp3) is 0.821. The molecule has 0 unspecified atom stereocenters. The molecule has 0 N–H and O–H groups in total. The third kappa shape index (κ3) is 6.59. The van der Waals surface area contributed by atoms with Gasteiger partial charge in [0.2, 0.25) is 0 Å². The Morgan fingerprint density at radius 3 is 1.71 bits per heavy atom. The molecular formula is C28H46N2S. The van der Waals surface area contributed by atoms with Crippen LogP contribution in [0, 0.1) is 0 Å². The van der Waals surface area contributed by atoms with Gasteiger partial charge in [0, 0.05) is 30.6 Å². The van der Waals surface area contributed by atoms with E-state index in [1.807, 2.05) is 11.3 Å². The van der Waals surface area contributed by atoms with E-state index in [1.165, 1.54) is 143 Å². The van der Waals surface area contributed by atoms with Gasteiger partial charge in [-0.2, -0.15) is 0 Å². The van der Waals surface area contributed by atoms with Gasteiger partial charge in [-0.15, -0.1) is 11.3 Å². The summed E-state index contributed by atoms with van der Waals surface area (Å²) in [6.45, 7) is 5.79. The summed E-state index contributed by atoms with van der Waals surface area (Å²) in [5.74, 6) is 0.705. The minimum absolute atomic E-state index is 0.704. The summed E-state index contributed by atoms with van der Waals surface area (Å²) in [7, 11) is 0. The van der Waals surface area contributed by atoms with Crippen LogP contribution in [0.4, 0.5) is 0 Å². The molecule has 0 aromatic carbocycles. The fourth-order valence-corrected chi connectivity index (χ4v) is 7.44. The minimum Gasteiger partial charge on any atom is -0.367 e. The molecule has 0 spiro atoms. The molecule has 0 radical (unpaired) electrons. The van der Waals surface area contributed by atoms with Crippen molar-refractivity contribution in [2.45, 2.75) is 140 Å². The lowest BCUT2D eigenvalue weighted by Gasteiger charge is -2.38. The van der Waals surface area contributed by atoms with Gasteiger partial charge in [-0.25, -0.2) is 4.98 Å². The van der Waals surface area contributed by atoms with E-state index >= 15 is 0 Å². The highest BCUT2D eigenvalue weighted by molar-refractivity contribution is 7.13. The predicted molar refractivity (Wildman–Crippen MR) is 136 cm³/mol. The van der Waals surface area contributed by atoms with Crippen LogP contribution in [-0.2, 0) is 6.42 Å². The van der Waals surface area contributed by atoms with E-state index in [2.05, 4.69) is 11.5 Å². The summed E-state index contributed by atoms with van der Waals surface area (Å²) in [4.78, 5) is 9.37. The molecule has 2 heterocycles. The van der Waals surface area contributed by atoms with Crippen molar-refractivity contribution in [1.82, 2.24) is 9.88 Å². The first kappa shape index (κ1) is 23.3. The lowest BCUT2D eigenvalue weighted by molar-refractivity contribution is 0.248. The Hall–Kier alpha value is -0.830. The van der Waals surface area contributed by atoms with Crippen LogP contribution in [0.5, 0.6) is 0 Å². The average Bonchev–Trinajstić information content (AvgIpc) is 3.24. The number of fused-ring (bicyclic) bond motifs is 1. The van der Waals surface area contributed by atoms with Gasteiger partial charge in [0.15, 0.2) is 0 Å². The molecule has 0 saturated heterocycles. The number of thiazole rings is 1. The number of rotatable bonds is 2. The fourth-order valence-electron chi connectivity index (χ4n) is 6.17. The maximum absolute atomic E-state index is 5.22. The lowest BCUT2D eigenvalue weighted by atomic mass is 9.95. The molecule has 2 nitrogen and oxygen atoms in total. The van der Waals surface area contributed by atoms with Crippen molar-refractivity contribution in [2.24, 2.45) is 0 Å². The van der Waals surface area contributed by atoms with Crippen molar-refractivity contribution in [3.8, 4) is 0 Å². The van der Waals surface area contributed by atoms with Crippen molar-refractivity contribution in [3.05, 3.63) is 22.2 Å². The van der Waals surface area contributed by atoms with Crippen molar-refractivity contribution in [2.75, 3.05) is 6.54 Å². The van der Waals surface area contributed by atoms with E-state index in [-0.39, 0.29) is 0 Å². The molecule has 0 atom stereocenters. The SMILES string of the molecule is C=C1c2sc(C3CCCCCCCC3)nc2CCN1C1CCCCCCCCCCC1. The molecule has 31 heavy (non-hydrogen) atoms. The summed E-state index contributed by atoms with van der Waals surface area (Å²) in [6, 6.07) is 0.704. The summed E-state index contributed by atoms with van der Waals surface area (Å²) >= 11 is 2.01. The Labute approximate surface area is 195 Å². The standard InChI is InChI=1S/C28H46N2S/c1-23-27-26(29-28(31-27)24-17-13-9-7-8-10-14-18-24)21-22-30(23)25-19-15-11-5-3-2-4-6-12-16-20-25/h24-25H,1-22H2. The molecular weight excluding hydrogens is 396 g/mol. The largest absolute Gasteiger partial charge is 0.367 e. The zero-order valence-corrected chi connectivity index (χ0v) is 20.8. The zero-order chi connectivity index (χ0) is 21.3. The van der Waals surface area contributed by atoms with Gasteiger partial charge in [-0.1, -0.05) is 103 Å². The molecule has 4 rings (SSSR count). The van der Waals surface area contributed by atoms with E-state index in [0.717, 1.165) is 13.0 Å². The maximum atomic E-state index is 5.22. The molecule has 2 aliphatic carbocycles. The molecule has 3 heteroatoms. The molecule has 1 aromatic rings. The van der Waals surface area contributed by atoms with E-state index in [9.17, 15) is 0 Å². The first-order valence-electron chi connectivity index (χ1n) is 13.8. The number of aromatic nitrogens is 1. The summed E-state index contributed by atoms with van der Waals surface area (Å²) in [5, 5.41) is 1.44. The summed E-state index contributed by atoms with van der Waals surface area (Å²) in [5.41, 5.74) is 2.68. The second-order valence-corrected chi connectivity index (χ2v) is 11.6. The third-order valence-electron chi connectivity index (χ3n) is 8.13. The number of hydrogen-bond acceptors (Lipinski definition) is 3. The normalized spacial score (nSPS) is 24.4.